The molecule has 7 heteroatoms. The van der Waals surface area contributed by atoms with E-state index in [1.54, 1.807) is 39.4 Å². The van der Waals surface area contributed by atoms with Crippen LogP contribution < -0.4 is 15.4 Å². The first-order chi connectivity index (χ1) is 11.0. The van der Waals surface area contributed by atoms with Crippen LogP contribution in [0.4, 0.5) is 5.69 Å². The summed E-state index contributed by atoms with van der Waals surface area (Å²) in [5, 5.41) is 5.74. The molecule has 0 aromatic heterocycles. The lowest BCUT2D eigenvalue weighted by molar-refractivity contribution is -0.115. The lowest BCUT2D eigenvalue weighted by Gasteiger charge is -2.15. The predicted octanol–water partition coefficient (Wildman–Crippen LogP) is 0.962. The molecule has 0 fully saturated rings. The zero-order valence-electron chi connectivity index (χ0n) is 14.1. The zero-order valence-corrected chi connectivity index (χ0v) is 14.1. The number of nitrogens with zero attached hydrogens (tertiary/aromatic N) is 1. The van der Waals surface area contributed by atoms with E-state index in [-0.39, 0.29) is 18.4 Å². The number of amides is 2. The fraction of sp³-hybridized carbons (Fsp3) is 0.500. The van der Waals surface area contributed by atoms with Crippen molar-refractivity contribution in [1.82, 2.24) is 10.2 Å². The number of hydrogen-bond donors (Lipinski definition) is 2. The van der Waals surface area contributed by atoms with Crippen molar-refractivity contribution in [2.45, 2.75) is 6.92 Å². The maximum Gasteiger partial charge on any atom is 0.253 e. The minimum Gasteiger partial charge on any atom is -0.492 e. The van der Waals surface area contributed by atoms with Gasteiger partial charge >= 0.3 is 0 Å². The number of nitrogens with one attached hydrogen (secondary N) is 2. The van der Waals surface area contributed by atoms with Crippen LogP contribution in [-0.4, -0.2) is 64.2 Å². The summed E-state index contributed by atoms with van der Waals surface area (Å²) >= 11 is 0. The Labute approximate surface area is 136 Å². The molecule has 0 unspecified atom stereocenters. The van der Waals surface area contributed by atoms with Crippen LogP contribution in [0.25, 0.3) is 0 Å². The Morgan fingerprint density at radius 2 is 2.00 bits per heavy atom. The van der Waals surface area contributed by atoms with Crippen LogP contribution in [0, 0.1) is 0 Å². The second-order valence-corrected chi connectivity index (χ2v) is 5.06. The van der Waals surface area contributed by atoms with Gasteiger partial charge in [0.2, 0.25) is 5.91 Å². The van der Waals surface area contributed by atoms with E-state index >= 15 is 0 Å². The lowest BCUT2D eigenvalue weighted by Crippen LogP contribution is -2.30. The van der Waals surface area contributed by atoms with E-state index in [1.807, 2.05) is 6.92 Å². The monoisotopic (exact) mass is 323 g/mol. The lowest BCUT2D eigenvalue weighted by atomic mass is 10.1. The summed E-state index contributed by atoms with van der Waals surface area (Å²) in [7, 11) is 4.97. The first-order valence-corrected chi connectivity index (χ1v) is 7.47. The average Bonchev–Trinajstić information content (AvgIpc) is 2.52. The van der Waals surface area contributed by atoms with E-state index < -0.39 is 0 Å². The summed E-state index contributed by atoms with van der Waals surface area (Å²) in [5.41, 5.74) is 1.05. The largest absolute Gasteiger partial charge is 0.492 e. The number of rotatable bonds is 9. The van der Waals surface area contributed by atoms with Gasteiger partial charge in [0.25, 0.3) is 5.91 Å². The van der Waals surface area contributed by atoms with Gasteiger partial charge in [-0.15, -0.1) is 0 Å². The molecule has 0 aliphatic rings. The Hall–Kier alpha value is -2.12. The van der Waals surface area contributed by atoms with Crippen LogP contribution in [0.1, 0.15) is 17.3 Å². The fourth-order valence-electron chi connectivity index (χ4n) is 1.86. The average molecular weight is 323 g/mol. The van der Waals surface area contributed by atoms with E-state index in [2.05, 4.69) is 10.6 Å². The van der Waals surface area contributed by atoms with Crippen LogP contribution in [0.2, 0.25) is 0 Å². The number of carbonyl (C=O) groups is 2. The van der Waals surface area contributed by atoms with E-state index in [1.165, 1.54) is 4.90 Å². The van der Waals surface area contributed by atoms with Crippen molar-refractivity contribution in [3.05, 3.63) is 23.8 Å². The molecule has 2 amide bonds. The van der Waals surface area contributed by atoms with Crippen molar-refractivity contribution in [3.8, 4) is 5.75 Å². The molecule has 7 nitrogen and oxygen atoms in total. The Morgan fingerprint density at radius 3 is 2.61 bits per heavy atom. The van der Waals surface area contributed by atoms with Crippen LogP contribution in [0.5, 0.6) is 5.75 Å². The van der Waals surface area contributed by atoms with Gasteiger partial charge in [-0.05, 0) is 25.1 Å². The predicted molar refractivity (Wildman–Crippen MR) is 89.0 cm³/mol. The highest BCUT2D eigenvalue weighted by molar-refractivity contribution is 5.97. The molecular weight excluding hydrogens is 298 g/mol. The molecule has 1 aromatic rings. The highest BCUT2D eigenvalue weighted by Gasteiger charge is 2.13. The highest BCUT2D eigenvalue weighted by Crippen LogP contribution is 2.26. The van der Waals surface area contributed by atoms with Gasteiger partial charge < -0.3 is 25.0 Å². The molecular formula is C16H25N3O4. The van der Waals surface area contributed by atoms with Gasteiger partial charge in [-0.1, -0.05) is 0 Å². The molecule has 1 rings (SSSR count). The number of benzene rings is 1. The summed E-state index contributed by atoms with van der Waals surface area (Å²) in [5.74, 6) is 0.171. The Morgan fingerprint density at radius 1 is 1.26 bits per heavy atom. The van der Waals surface area contributed by atoms with Crippen LogP contribution in [0.15, 0.2) is 18.2 Å². The van der Waals surface area contributed by atoms with Crippen molar-refractivity contribution in [3.63, 3.8) is 0 Å². The van der Waals surface area contributed by atoms with Crippen LogP contribution >= 0.6 is 0 Å². The number of anilines is 1. The molecule has 0 bridgehead atoms. The normalized spacial score (nSPS) is 10.3. The van der Waals surface area contributed by atoms with Gasteiger partial charge in [0.15, 0.2) is 0 Å². The quantitative estimate of drug-likeness (QED) is 0.662. The van der Waals surface area contributed by atoms with E-state index in [0.29, 0.717) is 36.8 Å². The molecule has 1 aromatic carbocycles. The fourth-order valence-corrected chi connectivity index (χ4v) is 1.86. The Balaban J connectivity index is 2.77. The zero-order chi connectivity index (χ0) is 17.2. The molecule has 0 aliphatic carbocycles. The molecule has 0 aliphatic heterocycles. The second kappa shape index (κ2) is 9.81. The SMILES string of the molecule is CCOc1cc(C(=O)N(C)C)ccc1NC(=O)CNCCOC. The molecule has 128 valence electrons. The van der Waals surface area contributed by atoms with E-state index in [0.717, 1.165) is 0 Å². The van der Waals surface area contributed by atoms with Gasteiger partial charge in [-0.25, -0.2) is 0 Å². The van der Waals surface area contributed by atoms with Gasteiger partial charge in [0.1, 0.15) is 5.75 Å². The first-order valence-electron chi connectivity index (χ1n) is 7.47. The van der Waals surface area contributed by atoms with Gasteiger partial charge in [0, 0.05) is 33.3 Å². The van der Waals surface area contributed by atoms with Crippen LogP contribution in [0.3, 0.4) is 0 Å². The third-order valence-electron chi connectivity index (χ3n) is 2.98. The molecule has 2 N–H and O–H groups in total. The summed E-state index contributed by atoms with van der Waals surface area (Å²) < 4.78 is 10.4. The van der Waals surface area contributed by atoms with Gasteiger partial charge in [-0.2, -0.15) is 0 Å². The van der Waals surface area contributed by atoms with Gasteiger partial charge in [-0.3, -0.25) is 9.59 Å². The molecule has 23 heavy (non-hydrogen) atoms. The highest BCUT2D eigenvalue weighted by atomic mass is 16.5. The number of carbonyl (C=O) groups excluding carboxylic acids is 2. The maximum absolute atomic E-state index is 12.0. The van der Waals surface area contributed by atoms with Crippen molar-refractivity contribution >= 4 is 17.5 Å². The molecule has 0 atom stereocenters. The number of methoxy groups -OCH3 is 1. The summed E-state index contributed by atoms with van der Waals surface area (Å²) in [6.07, 6.45) is 0. The minimum atomic E-state index is -0.186. The van der Waals surface area contributed by atoms with Crippen molar-refractivity contribution in [2.75, 3.05) is 52.8 Å². The second-order valence-electron chi connectivity index (χ2n) is 5.06. The number of ether oxygens (including phenoxy) is 2. The Bertz CT molecular complexity index is 532. The number of hydrogen-bond acceptors (Lipinski definition) is 5. The van der Waals surface area contributed by atoms with E-state index in [4.69, 9.17) is 9.47 Å². The Kier molecular flexibility index (Phi) is 8.07. The molecule has 0 radical (unpaired) electrons. The van der Waals surface area contributed by atoms with Gasteiger partial charge in [0.05, 0.1) is 25.4 Å². The third-order valence-corrected chi connectivity index (χ3v) is 2.98. The molecule has 0 heterocycles. The third kappa shape index (κ3) is 6.25. The van der Waals surface area contributed by atoms with Crippen LogP contribution in [-0.2, 0) is 9.53 Å². The van der Waals surface area contributed by atoms with E-state index in [9.17, 15) is 9.59 Å². The summed E-state index contributed by atoms with van der Waals surface area (Å²) in [4.78, 5) is 25.4. The minimum absolute atomic E-state index is 0.120. The molecule has 0 spiro atoms. The maximum atomic E-state index is 12.0. The van der Waals surface area contributed by atoms with Crippen molar-refractivity contribution < 1.29 is 19.1 Å². The molecule has 0 saturated heterocycles. The topological polar surface area (TPSA) is 79.9 Å². The van der Waals surface area contributed by atoms with Crippen molar-refractivity contribution in [1.29, 1.82) is 0 Å². The smallest absolute Gasteiger partial charge is 0.253 e. The van der Waals surface area contributed by atoms with Crippen molar-refractivity contribution in [2.24, 2.45) is 0 Å². The first kappa shape index (κ1) is 18.9. The summed E-state index contributed by atoms with van der Waals surface area (Å²) in [6, 6.07) is 4.98. The standard InChI is InChI=1S/C16H25N3O4/c1-5-23-14-10-12(16(21)19(2)3)6-7-13(14)18-15(20)11-17-8-9-22-4/h6-7,10,17H,5,8-9,11H2,1-4H3,(H,18,20). The molecule has 0 saturated carbocycles. The summed E-state index contributed by atoms with van der Waals surface area (Å²) in [6.45, 7) is 3.59.